The number of aryl methyl sites for hydroxylation is 2. The van der Waals surface area contributed by atoms with Crippen LogP contribution in [0.15, 0.2) is 28.8 Å². The molecule has 1 aliphatic heterocycles. The zero-order valence-electron chi connectivity index (χ0n) is 14.0. The Labute approximate surface area is 144 Å². The van der Waals surface area contributed by atoms with Gasteiger partial charge in [-0.25, -0.2) is 4.39 Å². The lowest BCUT2D eigenvalue weighted by Gasteiger charge is -2.39. The minimum Gasteiger partial charge on any atom is -0.481 e. The molecule has 132 valence electrons. The van der Waals surface area contributed by atoms with Crippen LogP contribution in [0.5, 0.6) is 0 Å². The number of aliphatic carboxylic acids is 1. The van der Waals surface area contributed by atoms with Crippen molar-refractivity contribution >= 4 is 11.9 Å². The molecule has 1 N–H and O–H groups in total. The highest BCUT2D eigenvalue weighted by Crippen LogP contribution is 2.38. The first-order chi connectivity index (χ1) is 11.9. The molecule has 1 saturated heterocycles. The van der Waals surface area contributed by atoms with Crippen molar-refractivity contribution in [3.05, 3.63) is 52.7 Å². The molecule has 1 fully saturated rings. The third-order valence-electron chi connectivity index (χ3n) is 4.72. The van der Waals surface area contributed by atoms with Gasteiger partial charge in [0.25, 0.3) is 0 Å². The van der Waals surface area contributed by atoms with E-state index in [2.05, 4.69) is 5.16 Å². The number of carbonyl (C=O) groups is 2. The number of carboxylic acids is 1. The Morgan fingerprint density at radius 3 is 2.80 bits per heavy atom. The van der Waals surface area contributed by atoms with Crippen LogP contribution < -0.4 is 0 Å². The summed E-state index contributed by atoms with van der Waals surface area (Å²) in [7, 11) is 0. The van der Waals surface area contributed by atoms with Crippen molar-refractivity contribution in [3.8, 4) is 0 Å². The monoisotopic (exact) mass is 346 g/mol. The molecule has 2 aromatic rings. The zero-order chi connectivity index (χ0) is 18.1. The van der Waals surface area contributed by atoms with Crippen molar-refractivity contribution < 1.29 is 23.6 Å². The molecule has 1 aromatic heterocycles. The lowest BCUT2D eigenvalue weighted by atomic mass is 9.84. The van der Waals surface area contributed by atoms with E-state index in [1.807, 2.05) is 0 Å². The van der Waals surface area contributed by atoms with E-state index in [9.17, 15) is 19.1 Å². The van der Waals surface area contributed by atoms with E-state index in [1.54, 1.807) is 19.9 Å². The van der Waals surface area contributed by atoms with Crippen LogP contribution in [0.25, 0.3) is 0 Å². The van der Waals surface area contributed by atoms with Crippen molar-refractivity contribution in [2.24, 2.45) is 5.92 Å². The summed E-state index contributed by atoms with van der Waals surface area (Å²) < 4.78 is 18.8. The standard InChI is InChI=1S/C18H19FN2O4/c1-10-15(11(2)25-20-10)9-21-16(22)7-6-14(18(23)24)17(21)12-4-3-5-13(19)8-12/h3-5,8,14,17H,6-7,9H2,1-2H3,(H,23,24)/t14-,17+/m0/s1. The number of nitrogens with zero attached hydrogens (tertiary/aromatic N) is 2. The molecule has 1 amide bonds. The second-order valence-corrected chi connectivity index (χ2v) is 6.31. The molecule has 6 nitrogen and oxygen atoms in total. The molecule has 0 bridgehead atoms. The quantitative estimate of drug-likeness (QED) is 0.920. The van der Waals surface area contributed by atoms with Crippen LogP contribution in [0.3, 0.4) is 0 Å². The van der Waals surface area contributed by atoms with Gasteiger partial charge in [-0.2, -0.15) is 0 Å². The van der Waals surface area contributed by atoms with E-state index in [0.717, 1.165) is 5.56 Å². The fourth-order valence-electron chi connectivity index (χ4n) is 3.40. The average Bonchev–Trinajstić information content (AvgIpc) is 2.88. The van der Waals surface area contributed by atoms with Gasteiger partial charge in [-0.1, -0.05) is 17.3 Å². The predicted molar refractivity (Wildman–Crippen MR) is 86.0 cm³/mol. The normalized spacial score (nSPS) is 20.8. The van der Waals surface area contributed by atoms with Crippen LogP contribution in [-0.4, -0.2) is 27.0 Å². The Bertz CT molecular complexity index is 798. The molecule has 1 aliphatic rings. The Balaban J connectivity index is 2.04. The maximum atomic E-state index is 13.7. The number of rotatable bonds is 4. The maximum absolute atomic E-state index is 13.7. The summed E-state index contributed by atoms with van der Waals surface area (Å²) in [5.41, 5.74) is 1.88. The van der Waals surface area contributed by atoms with Gasteiger partial charge in [0.1, 0.15) is 11.6 Å². The number of hydrogen-bond acceptors (Lipinski definition) is 4. The van der Waals surface area contributed by atoms with Crippen LogP contribution >= 0.6 is 0 Å². The van der Waals surface area contributed by atoms with Gasteiger partial charge in [0.05, 0.1) is 24.2 Å². The highest BCUT2D eigenvalue weighted by atomic mass is 19.1. The highest BCUT2D eigenvalue weighted by molar-refractivity contribution is 5.81. The van der Waals surface area contributed by atoms with Crippen LogP contribution in [0.2, 0.25) is 0 Å². The highest BCUT2D eigenvalue weighted by Gasteiger charge is 2.41. The average molecular weight is 346 g/mol. The van der Waals surface area contributed by atoms with Gasteiger partial charge >= 0.3 is 5.97 Å². The molecule has 25 heavy (non-hydrogen) atoms. The number of amides is 1. The van der Waals surface area contributed by atoms with E-state index >= 15 is 0 Å². The number of carbonyl (C=O) groups excluding carboxylic acids is 1. The third kappa shape index (κ3) is 3.26. The van der Waals surface area contributed by atoms with Crippen LogP contribution in [-0.2, 0) is 16.1 Å². The first-order valence-corrected chi connectivity index (χ1v) is 8.08. The molecule has 0 aliphatic carbocycles. The summed E-state index contributed by atoms with van der Waals surface area (Å²) in [5.74, 6) is -1.82. The van der Waals surface area contributed by atoms with E-state index in [0.29, 0.717) is 17.0 Å². The summed E-state index contributed by atoms with van der Waals surface area (Å²) in [4.78, 5) is 25.8. The Morgan fingerprint density at radius 2 is 2.20 bits per heavy atom. The molecule has 0 radical (unpaired) electrons. The second kappa shape index (κ2) is 6.66. The van der Waals surface area contributed by atoms with Gasteiger partial charge in [0, 0.05) is 12.0 Å². The number of aromatic nitrogens is 1. The fraction of sp³-hybridized carbons (Fsp3) is 0.389. The molecule has 2 heterocycles. The minimum absolute atomic E-state index is 0.145. The van der Waals surface area contributed by atoms with Gasteiger partial charge in [-0.05, 0) is 38.0 Å². The molecule has 7 heteroatoms. The summed E-state index contributed by atoms with van der Waals surface area (Å²) in [6, 6.07) is 5.03. The van der Waals surface area contributed by atoms with Crippen molar-refractivity contribution in [2.45, 2.75) is 39.3 Å². The molecule has 0 saturated carbocycles. The Kier molecular flexibility index (Phi) is 4.57. The Morgan fingerprint density at radius 1 is 1.44 bits per heavy atom. The zero-order valence-corrected chi connectivity index (χ0v) is 14.0. The topological polar surface area (TPSA) is 83.6 Å². The molecule has 2 atom stereocenters. The van der Waals surface area contributed by atoms with Gasteiger partial charge < -0.3 is 14.5 Å². The van der Waals surface area contributed by atoms with Gasteiger partial charge in [0.2, 0.25) is 5.91 Å². The summed E-state index contributed by atoms with van der Waals surface area (Å²) >= 11 is 0. The maximum Gasteiger partial charge on any atom is 0.308 e. The number of hydrogen-bond donors (Lipinski definition) is 1. The van der Waals surface area contributed by atoms with Crippen LogP contribution in [0, 0.1) is 25.6 Å². The van der Waals surface area contributed by atoms with Gasteiger partial charge in [0.15, 0.2) is 0 Å². The number of benzene rings is 1. The lowest BCUT2D eigenvalue weighted by Crippen LogP contribution is -2.45. The number of halogens is 1. The smallest absolute Gasteiger partial charge is 0.308 e. The van der Waals surface area contributed by atoms with Gasteiger partial charge in [-0.3, -0.25) is 9.59 Å². The summed E-state index contributed by atoms with van der Waals surface area (Å²) in [5, 5.41) is 13.5. The van der Waals surface area contributed by atoms with Crippen molar-refractivity contribution in [2.75, 3.05) is 0 Å². The molecule has 1 aromatic carbocycles. The first kappa shape index (κ1) is 17.1. The van der Waals surface area contributed by atoms with Crippen molar-refractivity contribution in [1.82, 2.24) is 10.1 Å². The molecular formula is C18H19FN2O4. The van der Waals surface area contributed by atoms with Crippen molar-refractivity contribution in [1.29, 1.82) is 0 Å². The molecular weight excluding hydrogens is 327 g/mol. The van der Waals surface area contributed by atoms with Gasteiger partial charge in [-0.15, -0.1) is 0 Å². The molecule has 3 rings (SSSR count). The fourth-order valence-corrected chi connectivity index (χ4v) is 3.40. The van der Waals surface area contributed by atoms with Crippen LogP contribution in [0.4, 0.5) is 4.39 Å². The number of piperidine rings is 1. The number of carboxylic acid groups (broad SMARTS) is 1. The molecule has 0 spiro atoms. The lowest BCUT2D eigenvalue weighted by molar-refractivity contribution is -0.152. The van der Waals surface area contributed by atoms with Crippen molar-refractivity contribution in [3.63, 3.8) is 0 Å². The van der Waals surface area contributed by atoms with E-state index in [1.165, 1.54) is 23.1 Å². The second-order valence-electron chi connectivity index (χ2n) is 6.31. The SMILES string of the molecule is Cc1noc(C)c1CN1C(=O)CC[C@H](C(=O)O)[C@H]1c1cccc(F)c1. The van der Waals surface area contributed by atoms with E-state index in [4.69, 9.17) is 4.52 Å². The first-order valence-electron chi connectivity index (χ1n) is 8.08. The van der Waals surface area contributed by atoms with E-state index < -0.39 is 23.7 Å². The summed E-state index contributed by atoms with van der Waals surface area (Å²) in [6.45, 7) is 3.70. The third-order valence-corrected chi connectivity index (χ3v) is 4.72. The molecule has 0 unspecified atom stereocenters. The van der Waals surface area contributed by atoms with Crippen LogP contribution in [0.1, 0.15) is 41.5 Å². The largest absolute Gasteiger partial charge is 0.481 e. The summed E-state index contributed by atoms with van der Waals surface area (Å²) in [6.07, 6.45) is 0.375. The Hall–Kier alpha value is -2.70. The predicted octanol–water partition coefficient (Wildman–Crippen LogP) is 3.00. The van der Waals surface area contributed by atoms with E-state index in [-0.39, 0.29) is 25.3 Å². The minimum atomic E-state index is -0.995. The number of likely N-dealkylation sites (tertiary alicyclic amines) is 1.